The van der Waals surface area contributed by atoms with Crippen molar-refractivity contribution in [3.05, 3.63) is 83.6 Å². The van der Waals surface area contributed by atoms with Crippen LogP contribution in [0.4, 0.5) is 4.39 Å². The predicted octanol–water partition coefficient (Wildman–Crippen LogP) is 3.44. The van der Waals surface area contributed by atoms with Gasteiger partial charge in [-0.1, -0.05) is 35.5 Å². The van der Waals surface area contributed by atoms with Crippen LogP contribution in [0.2, 0.25) is 0 Å². The summed E-state index contributed by atoms with van der Waals surface area (Å²) in [5.74, 6) is 1.35. The number of nitrogens with zero attached hydrogens (tertiary/aromatic N) is 4. The minimum absolute atomic E-state index is 0.246. The molecule has 0 aliphatic heterocycles. The standard InChI is InChI=1S/C18H13FN4O2/c19-14-8-6-13(7-9-14)18-22-21-17(24-18)11-16-20-15(23-25-16)10-12-4-2-1-3-5-12/h1-9H,10-11H2. The van der Waals surface area contributed by atoms with Gasteiger partial charge in [0.2, 0.25) is 17.7 Å². The summed E-state index contributed by atoms with van der Waals surface area (Å²) < 4.78 is 23.8. The molecule has 0 saturated heterocycles. The molecule has 6 nitrogen and oxygen atoms in total. The van der Waals surface area contributed by atoms with Gasteiger partial charge in [-0.25, -0.2) is 4.39 Å². The molecule has 0 amide bonds. The van der Waals surface area contributed by atoms with Gasteiger partial charge in [0, 0.05) is 12.0 Å². The third-order valence-corrected chi connectivity index (χ3v) is 3.58. The van der Waals surface area contributed by atoms with Crippen LogP contribution >= 0.6 is 0 Å². The molecule has 2 aromatic heterocycles. The van der Waals surface area contributed by atoms with Gasteiger partial charge >= 0.3 is 0 Å². The summed E-state index contributed by atoms with van der Waals surface area (Å²) >= 11 is 0. The van der Waals surface area contributed by atoms with E-state index in [9.17, 15) is 4.39 Å². The Bertz CT molecular complexity index is 964. The van der Waals surface area contributed by atoms with Gasteiger partial charge in [-0.05, 0) is 29.8 Å². The number of benzene rings is 2. The Labute approximate surface area is 142 Å². The molecule has 2 heterocycles. The highest BCUT2D eigenvalue weighted by molar-refractivity contribution is 5.51. The van der Waals surface area contributed by atoms with E-state index >= 15 is 0 Å². The van der Waals surface area contributed by atoms with Crippen LogP contribution in [0.1, 0.15) is 23.2 Å². The second-order valence-corrected chi connectivity index (χ2v) is 5.45. The van der Waals surface area contributed by atoms with Crippen molar-refractivity contribution >= 4 is 0 Å². The Kier molecular flexibility index (Phi) is 4.04. The fourth-order valence-electron chi connectivity index (χ4n) is 2.38. The smallest absolute Gasteiger partial charge is 0.247 e. The molecule has 0 radical (unpaired) electrons. The highest BCUT2D eigenvalue weighted by Gasteiger charge is 2.14. The predicted molar refractivity (Wildman–Crippen MR) is 86.0 cm³/mol. The molecular weight excluding hydrogens is 323 g/mol. The summed E-state index contributed by atoms with van der Waals surface area (Å²) in [6.45, 7) is 0. The maximum absolute atomic E-state index is 13.0. The van der Waals surface area contributed by atoms with Gasteiger partial charge in [0.1, 0.15) is 12.2 Å². The zero-order valence-corrected chi connectivity index (χ0v) is 13.1. The molecule has 0 N–H and O–H groups in total. The normalized spacial score (nSPS) is 10.9. The Morgan fingerprint density at radius 2 is 1.64 bits per heavy atom. The molecule has 0 saturated carbocycles. The van der Waals surface area contributed by atoms with Crippen LogP contribution in [0.3, 0.4) is 0 Å². The first-order valence-electron chi connectivity index (χ1n) is 7.70. The molecule has 0 aliphatic carbocycles. The SMILES string of the molecule is Fc1ccc(-c2nnc(Cc3nc(Cc4ccccc4)no3)o2)cc1. The Hall–Kier alpha value is -3.35. The fraction of sp³-hybridized carbons (Fsp3) is 0.111. The summed E-state index contributed by atoms with van der Waals surface area (Å²) in [6.07, 6.45) is 0.838. The number of rotatable bonds is 5. The molecule has 0 fully saturated rings. The first kappa shape index (κ1) is 15.2. The third kappa shape index (κ3) is 3.60. The van der Waals surface area contributed by atoms with Crippen molar-refractivity contribution in [3.8, 4) is 11.5 Å². The number of halogens is 1. The molecule has 7 heteroatoms. The van der Waals surface area contributed by atoms with Crippen molar-refractivity contribution in [2.24, 2.45) is 0 Å². The molecule has 25 heavy (non-hydrogen) atoms. The van der Waals surface area contributed by atoms with E-state index in [1.54, 1.807) is 12.1 Å². The Morgan fingerprint density at radius 1 is 0.840 bits per heavy atom. The third-order valence-electron chi connectivity index (χ3n) is 3.58. The number of hydrogen-bond donors (Lipinski definition) is 0. The van der Waals surface area contributed by atoms with Crippen molar-refractivity contribution < 1.29 is 13.3 Å². The lowest BCUT2D eigenvalue weighted by atomic mass is 10.1. The molecule has 0 aliphatic rings. The van der Waals surface area contributed by atoms with E-state index < -0.39 is 0 Å². The van der Waals surface area contributed by atoms with Crippen molar-refractivity contribution in [2.45, 2.75) is 12.8 Å². The van der Waals surface area contributed by atoms with Crippen LogP contribution in [0.25, 0.3) is 11.5 Å². The van der Waals surface area contributed by atoms with Crippen molar-refractivity contribution in [3.63, 3.8) is 0 Å². The molecular formula is C18H13FN4O2. The van der Waals surface area contributed by atoms with Crippen LogP contribution < -0.4 is 0 Å². The molecule has 0 bridgehead atoms. The molecule has 0 spiro atoms. The topological polar surface area (TPSA) is 77.8 Å². The lowest BCUT2D eigenvalue weighted by Gasteiger charge is -1.94. The first-order valence-corrected chi connectivity index (χ1v) is 7.70. The van der Waals surface area contributed by atoms with E-state index in [4.69, 9.17) is 8.94 Å². The van der Waals surface area contributed by atoms with Gasteiger partial charge in [-0.3, -0.25) is 0 Å². The number of hydrogen-bond acceptors (Lipinski definition) is 6. The average Bonchev–Trinajstić information content (AvgIpc) is 3.27. The first-order chi connectivity index (χ1) is 12.3. The zero-order chi connectivity index (χ0) is 17.1. The Balaban J connectivity index is 1.45. The molecule has 0 unspecified atom stereocenters. The lowest BCUT2D eigenvalue weighted by Crippen LogP contribution is -1.92. The van der Waals surface area contributed by atoms with Gasteiger partial charge in [-0.15, -0.1) is 10.2 Å². The van der Waals surface area contributed by atoms with Gasteiger partial charge in [0.05, 0.1) is 0 Å². The second-order valence-electron chi connectivity index (χ2n) is 5.45. The molecule has 124 valence electrons. The summed E-state index contributed by atoms with van der Waals surface area (Å²) in [5.41, 5.74) is 1.75. The molecule has 2 aromatic carbocycles. The van der Waals surface area contributed by atoms with Crippen LogP contribution in [0.15, 0.2) is 63.5 Å². The number of aromatic nitrogens is 4. The van der Waals surface area contributed by atoms with E-state index in [0.29, 0.717) is 35.5 Å². The zero-order valence-electron chi connectivity index (χ0n) is 13.1. The van der Waals surface area contributed by atoms with Crippen LogP contribution in [-0.4, -0.2) is 20.3 Å². The summed E-state index contributed by atoms with van der Waals surface area (Å²) in [5, 5.41) is 11.9. The lowest BCUT2D eigenvalue weighted by molar-refractivity contribution is 0.369. The van der Waals surface area contributed by atoms with Crippen LogP contribution in [0.5, 0.6) is 0 Å². The van der Waals surface area contributed by atoms with Gasteiger partial charge < -0.3 is 8.94 Å². The quantitative estimate of drug-likeness (QED) is 0.555. The minimum atomic E-state index is -0.319. The van der Waals surface area contributed by atoms with E-state index in [1.165, 1.54) is 12.1 Å². The fourth-order valence-corrected chi connectivity index (χ4v) is 2.38. The highest BCUT2D eigenvalue weighted by atomic mass is 19.1. The average molecular weight is 336 g/mol. The maximum atomic E-state index is 13.0. The Morgan fingerprint density at radius 3 is 2.44 bits per heavy atom. The van der Waals surface area contributed by atoms with E-state index in [2.05, 4.69) is 20.3 Å². The molecule has 4 aromatic rings. The largest absolute Gasteiger partial charge is 0.420 e. The second kappa shape index (κ2) is 6.64. The van der Waals surface area contributed by atoms with E-state index in [-0.39, 0.29) is 12.2 Å². The van der Waals surface area contributed by atoms with Gasteiger partial charge in [-0.2, -0.15) is 4.98 Å². The minimum Gasteiger partial charge on any atom is -0.420 e. The van der Waals surface area contributed by atoms with Gasteiger partial charge in [0.15, 0.2) is 5.82 Å². The highest BCUT2D eigenvalue weighted by Crippen LogP contribution is 2.19. The van der Waals surface area contributed by atoms with Crippen molar-refractivity contribution in [1.29, 1.82) is 0 Å². The molecule has 0 atom stereocenters. The van der Waals surface area contributed by atoms with E-state index in [0.717, 1.165) is 5.56 Å². The van der Waals surface area contributed by atoms with Crippen LogP contribution in [0, 0.1) is 5.82 Å². The van der Waals surface area contributed by atoms with Gasteiger partial charge in [0.25, 0.3) is 0 Å². The maximum Gasteiger partial charge on any atom is 0.247 e. The molecule has 4 rings (SSSR count). The summed E-state index contributed by atoms with van der Waals surface area (Å²) in [6, 6.07) is 15.7. The van der Waals surface area contributed by atoms with Crippen molar-refractivity contribution in [2.75, 3.05) is 0 Å². The summed E-state index contributed by atoms with van der Waals surface area (Å²) in [7, 11) is 0. The monoisotopic (exact) mass is 336 g/mol. The van der Waals surface area contributed by atoms with Crippen molar-refractivity contribution in [1.82, 2.24) is 20.3 Å². The van der Waals surface area contributed by atoms with Crippen LogP contribution in [-0.2, 0) is 12.8 Å². The summed E-state index contributed by atoms with van der Waals surface area (Å²) in [4.78, 5) is 4.34. The van der Waals surface area contributed by atoms with E-state index in [1.807, 2.05) is 30.3 Å².